The molecular weight excluding hydrogens is 483 g/mol. The van der Waals surface area contributed by atoms with Crippen molar-refractivity contribution < 1.29 is 28.4 Å². The molecule has 0 radical (unpaired) electrons. The van der Waals surface area contributed by atoms with Crippen LogP contribution in [0.5, 0.6) is 0 Å². The van der Waals surface area contributed by atoms with E-state index < -0.39 is 28.6 Å². The minimum absolute atomic E-state index is 0.264. The Morgan fingerprint density at radius 1 is 0.647 bits per heavy atom. The minimum atomic E-state index is -1.11. The van der Waals surface area contributed by atoms with E-state index >= 15 is 0 Å². The summed E-state index contributed by atoms with van der Waals surface area (Å²) in [6.45, 7) is 10.8. The molecule has 0 aliphatic carbocycles. The van der Waals surface area contributed by atoms with Gasteiger partial charge in [-0.3, -0.25) is 0 Å². The van der Waals surface area contributed by atoms with Crippen molar-refractivity contribution in [1.82, 2.24) is 0 Å². The number of hydrogen-bond acceptors (Lipinski definition) is 8. The molecule has 3 saturated heterocycles. The maximum atomic E-state index is 10.1. The second kappa shape index (κ2) is 10.00. The van der Waals surface area contributed by atoms with Crippen LogP contribution in [0.1, 0.15) is 73.6 Å². The Kier molecular flexibility index (Phi) is 8.20. The number of nitrogens with zero attached hydrogens (tertiary/aromatic N) is 2. The molecule has 3 fully saturated rings. The standard InChI is InChI=1S/C24H36Cl2N2O6/c1-20(2)29-16(8-23(14-27)10-18(12-25)31-21(3,4)33-23)7-17(30-20)9-24(15-28)11-19(13-26)32-22(5,6)34-24/h16-19H,7-13H2,1-6H3/t16-,17?,18+,19+,23+,24-/m0/s1. The van der Waals surface area contributed by atoms with Gasteiger partial charge in [0, 0.05) is 43.9 Å². The Bertz CT molecular complexity index is 761. The molecular formula is C24H36Cl2N2O6. The van der Waals surface area contributed by atoms with Crippen LogP contribution in [0.2, 0.25) is 0 Å². The monoisotopic (exact) mass is 518 g/mol. The van der Waals surface area contributed by atoms with Gasteiger partial charge >= 0.3 is 0 Å². The number of ether oxygens (including phenoxy) is 6. The molecule has 3 aliphatic rings. The molecule has 0 bridgehead atoms. The Balaban J connectivity index is 1.79. The van der Waals surface area contributed by atoms with Crippen LogP contribution < -0.4 is 0 Å². The van der Waals surface area contributed by atoms with Crippen molar-refractivity contribution >= 4 is 23.2 Å². The lowest BCUT2D eigenvalue weighted by Gasteiger charge is -2.49. The third kappa shape index (κ3) is 6.75. The molecule has 192 valence electrons. The van der Waals surface area contributed by atoms with Gasteiger partial charge in [-0.2, -0.15) is 10.5 Å². The van der Waals surface area contributed by atoms with E-state index in [9.17, 15) is 10.5 Å². The fourth-order valence-corrected chi connectivity index (χ4v) is 5.89. The summed E-state index contributed by atoms with van der Waals surface area (Å²) in [6, 6.07) is 4.72. The number of alkyl halides is 2. The third-order valence-corrected chi connectivity index (χ3v) is 6.88. The maximum absolute atomic E-state index is 10.1. The number of halogens is 2. The highest BCUT2D eigenvalue weighted by Crippen LogP contribution is 2.43. The Hall–Kier alpha value is -0.680. The van der Waals surface area contributed by atoms with Crippen molar-refractivity contribution in [1.29, 1.82) is 10.5 Å². The highest BCUT2D eigenvalue weighted by molar-refractivity contribution is 6.18. The number of hydrogen-bond donors (Lipinski definition) is 0. The van der Waals surface area contributed by atoms with Gasteiger partial charge in [-0.25, -0.2) is 0 Å². The van der Waals surface area contributed by atoms with E-state index in [0.29, 0.717) is 32.1 Å². The largest absolute Gasteiger partial charge is 0.347 e. The molecule has 8 nitrogen and oxygen atoms in total. The summed E-state index contributed by atoms with van der Waals surface area (Å²) < 4.78 is 36.4. The first-order valence-corrected chi connectivity index (χ1v) is 12.8. The molecule has 1 unspecified atom stereocenters. The second-order valence-corrected chi connectivity index (χ2v) is 11.6. The van der Waals surface area contributed by atoms with Crippen molar-refractivity contribution in [3.8, 4) is 12.1 Å². The van der Waals surface area contributed by atoms with Crippen molar-refractivity contribution in [2.45, 2.75) is 127 Å². The first kappa shape index (κ1) is 27.9. The number of nitriles is 2. The molecule has 6 atom stereocenters. The fourth-order valence-electron chi connectivity index (χ4n) is 5.55. The van der Waals surface area contributed by atoms with Crippen LogP contribution in [0, 0.1) is 22.7 Å². The van der Waals surface area contributed by atoms with Crippen LogP contribution in [-0.4, -0.2) is 64.7 Å². The summed E-state index contributed by atoms with van der Waals surface area (Å²) in [7, 11) is 0. The molecule has 10 heteroatoms. The second-order valence-electron chi connectivity index (χ2n) is 10.9. The zero-order chi connectivity index (χ0) is 25.4. The highest BCUT2D eigenvalue weighted by Gasteiger charge is 2.52. The summed E-state index contributed by atoms with van der Waals surface area (Å²) >= 11 is 12.2. The quantitative estimate of drug-likeness (QED) is 0.463. The van der Waals surface area contributed by atoms with E-state index in [4.69, 9.17) is 51.6 Å². The van der Waals surface area contributed by atoms with Gasteiger partial charge in [-0.15, -0.1) is 23.2 Å². The van der Waals surface area contributed by atoms with E-state index in [1.165, 1.54) is 0 Å². The smallest absolute Gasteiger partial charge is 0.165 e. The van der Waals surface area contributed by atoms with E-state index in [2.05, 4.69) is 12.1 Å². The molecule has 0 aromatic carbocycles. The van der Waals surface area contributed by atoms with Crippen LogP contribution in [0.25, 0.3) is 0 Å². The molecule has 3 aliphatic heterocycles. The van der Waals surface area contributed by atoms with Gasteiger partial charge in [0.2, 0.25) is 0 Å². The third-order valence-electron chi connectivity index (χ3n) is 6.19. The molecule has 34 heavy (non-hydrogen) atoms. The summed E-state index contributed by atoms with van der Waals surface area (Å²) in [4.78, 5) is 0. The lowest BCUT2D eigenvalue weighted by atomic mass is 9.84. The van der Waals surface area contributed by atoms with Crippen LogP contribution in [0.3, 0.4) is 0 Å². The van der Waals surface area contributed by atoms with Gasteiger partial charge in [0.05, 0.1) is 36.6 Å². The van der Waals surface area contributed by atoms with Gasteiger partial charge in [0.1, 0.15) is 0 Å². The molecule has 0 spiro atoms. The van der Waals surface area contributed by atoms with E-state index in [1.807, 2.05) is 13.8 Å². The average molecular weight is 519 g/mol. The molecule has 0 N–H and O–H groups in total. The lowest BCUT2D eigenvalue weighted by molar-refractivity contribution is -0.347. The van der Waals surface area contributed by atoms with Gasteiger partial charge in [0.25, 0.3) is 0 Å². The summed E-state index contributed by atoms with van der Waals surface area (Å²) in [5.41, 5.74) is -2.23. The van der Waals surface area contributed by atoms with Crippen molar-refractivity contribution in [3.63, 3.8) is 0 Å². The molecule has 0 amide bonds. The van der Waals surface area contributed by atoms with E-state index in [0.717, 1.165) is 0 Å². The summed E-state index contributed by atoms with van der Waals surface area (Å²) in [5.74, 6) is -2.28. The Morgan fingerprint density at radius 2 is 1.00 bits per heavy atom. The van der Waals surface area contributed by atoms with E-state index in [-0.39, 0.29) is 36.2 Å². The van der Waals surface area contributed by atoms with Gasteiger partial charge in [-0.05, 0) is 41.5 Å². The Labute approximate surface area is 212 Å². The van der Waals surface area contributed by atoms with Crippen molar-refractivity contribution in [2.75, 3.05) is 11.8 Å². The summed E-state index contributed by atoms with van der Waals surface area (Å²) in [6.07, 6.45) is 0.520. The molecule has 0 aromatic rings. The number of rotatable bonds is 6. The first-order valence-electron chi connectivity index (χ1n) is 11.7. The highest BCUT2D eigenvalue weighted by atomic mass is 35.5. The molecule has 3 rings (SSSR count). The van der Waals surface area contributed by atoms with Crippen LogP contribution >= 0.6 is 23.2 Å². The van der Waals surface area contributed by atoms with E-state index in [1.54, 1.807) is 27.7 Å². The average Bonchev–Trinajstić information content (AvgIpc) is 2.69. The van der Waals surface area contributed by atoms with Gasteiger partial charge in [0.15, 0.2) is 28.6 Å². The normalized spacial score (nSPS) is 41.2. The topological polar surface area (TPSA) is 103 Å². The van der Waals surface area contributed by atoms with Gasteiger partial charge in [-0.1, -0.05) is 0 Å². The Morgan fingerprint density at radius 3 is 1.32 bits per heavy atom. The first-order chi connectivity index (χ1) is 15.7. The zero-order valence-electron chi connectivity index (χ0n) is 20.9. The maximum Gasteiger partial charge on any atom is 0.165 e. The van der Waals surface area contributed by atoms with Crippen LogP contribution in [0.15, 0.2) is 0 Å². The predicted octanol–water partition coefficient (Wildman–Crippen LogP) is 4.76. The lowest BCUT2D eigenvalue weighted by Crippen LogP contribution is -2.57. The summed E-state index contributed by atoms with van der Waals surface area (Å²) in [5, 5.41) is 20.2. The SMILES string of the molecule is CC1(C)OC(C[C@@]2(C#N)C[C@H](CCl)OC(C)(C)O2)C[C@@H](C[C@]2(C#N)C[C@H](CCl)OC(C)(C)O2)O1. The zero-order valence-corrected chi connectivity index (χ0v) is 22.4. The van der Waals surface area contributed by atoms with Crippen molar-refractivity contribution in [3.05, 3.63) is 0 Å². The molecule has 0 saturated carbocycles. The fraction of sp³-hybridized carbons (Fsp3) is 0.917. The van der Waals surface area contributed by atoms with Crippen LogP contribution in [0.4, 0.5) is 0 Å². The molecule has 0 aromatic heterocycles. The van der Waals surface area contributed by atoms with Gasteiger partial charge < -0.3 is 28.4 Å². The molecule has 3 heterocycles. The van der Waals surface area contributed by atoms with Crippen molar-refractivity contribution in [2.24, 2.45) is 0 Å². The van der Waals surface area contributed by atoms with Crippen LogP contribution in [-0.2, 0) is 28.4 Å². The minimum Gasteiger partial charge on any atom is -0.347 e. The predicted molar refractivity (Wildman–Crippen MR) is 125 cm³/mol.